The van der Waals surface area contributed by atoms with E-state index in [1.54, 1.807) is 6.92 Å². The minimum Gasteiger partial charge on any atom is -0.339 e. The summed E-state index contributed by atoms with van der Waals surface area (Å²) < 4.78 is 0. The lowest BCUT2D eigenvalue weighted by molar-refractivity contribution is -0.133. The van der Waals surface area contributed by atoms with Gasteiger partial charge in [0.05, 0.1) is 6.07 Å². The Balaban J connectivity index is 2.59. The first-order valence-electron chi connectivity index (χ1n) is 4.37. The molecule has 12 heavy (non-hydrogen) atoms. The summed E-state index contributed by atoms with van der Waals surface area (Å²) in [6, 6.07) is 2.30. The largest absolute Gasteiger partial charge is 0.339 e. The zero-order valence-corrected chi connectivity index (χ0v) is 7.58. The Hall–Kier alpha value is -1.04. The third kappa shape index (κ3) is 1.58. The van der Waals surface area contributed by atoms with Crippen LogP contribution in [0, 0.1) is 17.2 Å². The van der Waals surface area contributed by atoms with Crippen molar-refractivity contribution in [2.45, 2.75) is 32.7 Å². The van der Waals surface area contributed by atoms with Crippen LogP contribution in [0.3, 0.4) is 0 Å². The molecule has 3 heteroatoms. The first-order chi connectivity index (χ1) is 5.66. The Kier molecular flexibility index (Phi) is 2.69. The highest BCUT2D eigenvalue weighted by atomic mass is 16.2. The van der Waals surface area contributed by atoms with Crippen LogP contribution in [0.2, 0.25) is 0 Å². The van der Waals surface area contributed by atoms with E-state index in [1.165, 1.54) is 0 Å². The van der Waals surface area contributed by atoms with Crippen LogP contribution in [0.4, 0.5) is 0 Å². The zero-order valence-electron chi connectivity index (χ0n) is 7.58. The van der Waals surface area contributed by atoms with Gasteiger partial charge in [0.1, 0.15) is 5.92 Å². The predicted octanol–water partition coefficient (Wildman–Crippen LogP) is 1.16. The van der Waals surface area contributed by atoms with Gasteiger partial charge in [-0.1, -0.05) is 0 Å². The number of hydrogen-bond acceptors (Lipinski definition) is 2. The SMILES string of the molecule is CC(C#N)C(=O)N1CCCC1C. The fourth-order valence-corrected chi connectivity index (χ4v) is 1.56. The van der Waals surface area contributed by atoms with E-state index in [0.717, 1.165) is 19.4 Å². The minimum atomic E-state index is -0.481. The van der Waals surface area contributed by atoms with E-state index in [4.69, 9.17) is 5.26 Å². The molecule has 1 aliphatic rings. The molecule has 0 radical (unpaired) electrons. The van der Waals surface area contributed by atoms with Crippen molar-refractivity contribution < 1.29 is 4.79 Å². The number of carbonyl (C=O) groups excluding carboxylic acids is 1. The average molecular weight is 166 g/mol. The lowest BCUT2D eigenvalue weighted by Crippen LogP contribution is -2.36. The molecule has 0 bridgehead atoms. The number of amides is 1. The molecule has 0 saturated carbocycles. The van der Waals surface area contributed by atoms with Crippen LogP contribution < -0.4 is 0 Å². The van der Waals surface area contributed by atoms with Crippen LogP contribution in [-0.2, 0) is 4.79 Å². The van der Waals surface area contributed by atoms with Gasteiger partial charge in [0, 0.05) is 12.6 Å². The third-order valence-corrected chi connectivity index (χ3v) is 2.40. The summed E-state index contributed by atoms with van der Waals surface area (Å²) in [5, 5.41) is 8.55. The second kappa shape index (κ2) is 3.57. The van der Waals surface area contributed by atoms with E-state index < -0.39 is 5.92 Å². The lowest BCUT2D eigenvalue weighted by atomic mass is 10.1. The zero-order chi connectivity index (χ0) is 9.14. The number of nitriles is 1. The Bertz CT molecular complexity index is 219. The Morgan fingerprint density at radius 2 is 2.42 bits per heavy atom. The van der Waals surface area contributed by atoms with Gasteiger partial charge in [-0.25, -0.2) is 0 Å². The predicted molar refractivity (Wildman–Crippen MR) is 45.2 cm³/mol. The molecular formula is C9H14N2O. The van der Waals surface area contributed by atoms with Gasteiger partial charge >= 0.3 is 0 Å². The second-order valence-corrected chi connectivity index (χ2v) is 3.37. The first kappa shape index (κ1) is 9.05. The fourth-order valence-electron chi connectivity index (χ4n) is 1.56. The molecule has 1 aliphatic heterocycles. The molecule has 0 aromatic carbocycles. The smallest absolute Gasteiger partial charge is 0.239 e. The van der Waals surface area contributed by atoms with Gasteiger partial charge in [0.15, 0.2) is 0 Å². The lowest BCUT2D eigenvalue weighted by Gasteiger charge is -2.22. The molecule has 1 amide bonds. The van der Waals surface area contributed by atoms with Gasteiger partial charge in [-0.15, -0.1) is 0 Å². The summed E-state index contributed by atoms with van der Waals surface area (Å²) >= 11 is 0. The minimum absolute atomic E-state index is 0.0116. The summed E-state index contributed by atoms with van der Waals surface area (Å²) in [4.78, 5) is 13.3. The molecule has 1 fully saturated rings. The molecule has 0 aromatic heterocycles. The molecule has 66 valence electrons. The summed E-state index contributed by atoms with van der Waals surface area (Å²) in [5.41, 5.74) is 0. The highest BCUT2D eigenvalue weighted by Gasteiger charge is 2.28. The number of hydrogen-bond donors (Lipinski definition) is 0. The normalized spacial score (nSPS) is 25.1. The number of nitrogens with zero attached hydrogens (tertiary/aromatic N) is 2. The maximum Gasteiger partial charge on any atom is 0.239 e. The van der Waals surface area contributed by atoms with Crippen molar-refractivity contribution >= 4 is 5.91 Å². The second-order valence-electron chi connectivity index (χ2n) is 3.37. The molecule has 2 atom stereocenters. The number of rotatable bonds is 1. The molecule has 0 N–H and O–H groups in total. The molecule has 0 spiro atoms. The monoisotopic (exact) mass is 166 g/mol. The van der Waals surface area contributed by atoms with E-state index in [2.05, 4.69) is 0 Å². The van der Waals surface area contributed by atoms with Gasteiger partial charge in [-0.3, -0.25) is 4.79 Å². The van der Waals surface area contributed by atoms with E-state index in [9.17, 15) is 4.79 Å². The maximum absolute atomic E-state index is 11.5. The van der Waals surface area contributed by atoms with Gasteiger partial charge < -0.3 is 4.90 Å². The molecule has 1 heterocycles. The quantitative estimate of drug-likeness (QED) is 0.586. The number of likely N-dealkylation sites (tertiary alicyclic amines) is 1. The average Bonchev–Trinajstić information content (AvgIpc) is 2.48. The van der Waals surface area contributed by atoms with Crippen molar-refractivity contribution in [2.24, 2.45) is 5.92 Å². The van der Waals surface area contributed by atoms with Crippen LogP contribution in [0.1, 0.15) is 26.7 Å². The van der Waals surface area contributed by atoms with Crippen LogP contribution in [0.25, 0.3) is 0 Å². The highest BCUT2D eigenvalue weighted by molar-refractivity contribution is 5.81. The fraction of sp³-hybridized carbons (Fsp3) is 0.778. The Morgan fingerprint density at radius 3 is 2.83 bits per heavy atom. The van der Waals surface area contributed by atoms with Crippen LogP contribution in [0.5, 0.6) is 0 Å². The van der Waals surface area contributed by atoms with Crippen molar-refractivity contribution in [3.63, 3.8) is 0 Å². The molecule has 0 aliphatic carbocycles. The van der Waals surface area contributed by atoms with Gasteiger partial charge in [-0.2, -0.15) is 5.26 Å². The number of carbonyl (C=O) groups is 1. The highest BCUT2D eigenvalue weighted by Crippen LogP contribution is 2.18. The summed E-state index contributed by atoms with van der Waals surface area (Å²) in [5.74, 6) is -0.493. The standard InChI is InChI=1S/C9H14N2O/c1-7(6-10)9(12)11-5-3-4-8(11)2/h7-8H,3-5H2,1-2H3. The van der Waals surface area contributed by atoms with Crippen molar-refractivity contribution in [1.82, 2.24) is 4.90 Å². The molecule has 1 rings (SSSR count). The molecule has 1 saturated heterocycles. The third-order valence-electron chi connectivity index (χ3n) is 2.40. The topological polar surface area (TPSA) is 44.1 Å². The summed E-state index contributed by atoms with van der Waals surface area (Å²) in [6.07, 6.45) is 2.15. The molecule has 2 unspecified atom stereocenters. The van der Waals surface area contributed by atoms with Crippen LogP contribution in [-0.4, -0.2) is 23.4 Å². The van der Waals surface area contributed by atoms with Crippen LogP contribution >= 0.6 is 0 Å². The summed E-state index contributed by atoms with van der Waals surface area (Å²) in [6.45, 7) is 4.52. The van der Waals surface area contributed by atoms with Crippen molar-refractivity contribution in [2.75, 3.05) is 6.54 Å². The maximum atomic E-state index is 11.5. The van der Waals surface area contributed by atoms with Gasteiger partial charge in [0.2, 0.25) is 5.91 Å². The first-order valence-corrected chi connectivity index (χ1v) is 4.37. The van der Waals surface area contributed by atoms with Crippen molar-refractivity contribution in [3.8, 4) is 6.07 Å². The van der Waals surface area contributed by atoms with E-state index in [0.29, 0.717) is 6.04 Å². The summed E-state index contributed by atoms with van der Waals surface area (Å²) in [7, 11) is 0. The van der Waals surface area contributed by atoms with Gasteiger partial charge in [-0.05, 0) is 26.7 Å². The Morgan fingerprint density at radius 1 is 1.75 bits per heavy atom. The van der Waals surface area contributed by atoms with E-state index in [1.807, 2.05) is 17.9 Å². The van der Waals surface area contributed by atoms with Crippen molar-refractivity contribution in [3.05, 3.63) is 0 Å². The van der Waals surface area contributed by atoms with E-state index >= 15 is 0 Å². The molecular weight excluding hydrogens is 152 g/mol. The Labute approximate surface area is 73.0 Å². The van der Waals surface area contributed by atoms with Crippen molar-refractivity contribution in [1.29, 1.82) is 5.26 Å². The molecule has 0 aromatic rings. The van der Waals surface area contributed by atoms with Crippen LogP contribution in [0.15, 0.2) is 0 Å². The van der Waals surface area contributed by atoms with Gasteiger partial charge in [0.25, 0.3) is 0 Å². The van der Waals surface area contributed by atoms with E-state index in [-0.39, 0.29) is 5.91 Å². The molecule has 3 nitrogen and oxygen atoms in total.